The van der Waals surface area contributed by atoms with Gasteiger partial charge in [0.15, 0.2) is 0 Å². The Morgan fingerprint density at radius 3 is 0.571 bits per heavy atom. The number of hydrogen-bond donors (Lipinski definition) is 0. The maximum atomic E-state index is 13.5. The van der Waals surface area contributed by atoms with Gasteiger partial charge in [0.1, 0.15) is 0 Å². The predicted molar refractivity (Wildman–Crippen MR) is 337 cm³/mol. The molecule has 0 aliphatic heterocycles. The Balaban J connectivity index is 0.000000802. The van der Waals surface area contributed by atoms with Gasteiger partial charge >= 0.3 is 43.4 Å². The second-order valence-corrected chi connectivity index (χ2v) is 31.7. The Hall–Kier alpha value is -3.89. The molecular formula is C72H104N4O6Ti2. The summed E-state index contributed by atoms with van der Waals surface area (Å²) in [6.45, 7) is 51.2. The van der Waals surface area contributed by atoms with E-state index in [0.717, 1.165) is 95.9 Å². The molecule has 0 aromatic heterocycles. The zero-order chi connectivity index (χ0) is 60.5. The summed E-state index contributed by atoms with van der Waals surface area (Å²) in [4.78, 5) is 19.9. The van der Waals surface area contributed by atoms with Crippen molar-refractivity contribution in [3.63, 3.8) is 0 Å². The molecule has 0 N–H and O–H groups in total. The first kappa shape index (κ1) is 78.1. The Morgan fingerprint density at radius 2 is 0.440 bits per heavy atom. The van der Waals surface area contributed by atoms with Crippen molar-refractivity contribution in [2.24, 2.45) is 20.0 Å². The smallest absolute Gasteiger partial charge is 2.00 e. The maximum absolute atomic E-state index is 13.5. The van der Waals surface area contributed by atoms with Crippen LogP contribution in [0.2, 0.25) is 0 Å². The van der Waals surface area contributed by atoms with E-state index in [4.69, 9.17) is 20.0 Å². The topological polar surface area (TPSA) is 199 Å². The number of nitrogens with zero attached hydrogens (tertiary/aromatic N) is 4. The largest absolute Gasteiger partial charge is 4.00 e. The van der Waals surface area contributed by atoms with Gasteiger partial charge in [0.25, 0.3) is 0 Å². The van der Waals surface area contributed by atoms with Crippen LogP contribution in [0.3, 0.4) is 0 Å². The van der Waals surface area contributed by atoms with Gasteiger partial charge in [0, 0.05) is 24.9 Å². The average molecular weight is 1220 g/mol. The van der Waals surface area contributed by atoms with Crippen molar-refractivity contribution < 1.29 is 74.8 Å². The number of rotatable bonds is 8. The average Bonchev–Trinajstić information content (AvgIpc) is 3.30. The van der Waals surface area contributed by atoms with Crippen LogP contribution in [0.4, 0.5) is 0 Å². The first-order chi connectivity index (χ1) is 36.4. The summed E-state index contributed by atoms with van der Waals surface area (Å²) in [6, 6.07) is 16.3. The normalized spacial score (nSPS) is 18.7. The molecule has 2 aliphatic carbocycles. The minimum Gasteiger partial charge on any atom is -2.00 e. The molecule has 6 rings (SSSR count). The molecule has 0 heterocycles. The molecule has 2 aliphatic rings. The van der Waals surface area contributed by atoms with E-state index in [1.165, 1.54) is 0 Å². The van der Waals surface area contributed by atoms with Crippen LogP contribution in [0.5, 0.6) is 23.0 Å². The molecule has 0 spiro atoms. The van der Waals surface area contributed by atoms with Crippen molar-refractivity contribution in [1.29, 1.82) is 0 Å². The summed E-state index contributed by atoms with van der Waals surface area (Å²) in [6.07, 6.45) is 15.3. The third-order valence-corrected chi connectivity index (χ3v) is 16.2. The summed E-state index contributed by atoms with van der Waals surface area (Å²) in [5, 5.41) is 53.9. The molecule has 0 amide bonds. The van der Waals surface area contributed by atoms with Gasteiger partial charge in [-0.25, -0.2) is 0 Å². The van der Waals surface area contributed by atoms with Gasteiger partial charge in [0.05, 0.1) is 24.2 Å². The molecule has 84 heavy (non-hydrogen) atoms. The fraction of sp³-hybridized carbons (Fsp3) is 0.611. The molecule has 12 heteroatoms. The molecule has 10 nitrogen and oxygen atoms in total. The zero-order valence-corrected chi connectivity index (χ0v) is 59.3. The van der Waals surface area contributed by atoms with E-state index >= 15 is 0 Å². The minimum absolute atomic E-state index is 0. The van der Waals surface area contributed by atoms with Crippen LogP contribution in [0, 0.1) is 0 Å². The second kappa shape index (κ2) is 29.4. The summed E-state index contributed by atoms with van der Waals surface area (Å²) in [5.74, 6) is 0.240. The molecule has 0 radical (unpaired) electrons. The van der Waals surface area contributed by atoms with Crippen LogP contribution in [0.15, 0.2) is 68.5 Å². The molecule has 0 saturated heterocycles. The Morgan fingerprint density at radius 1 is 0.286 bits per heavy atom. The second-order valence-electron chi connectivity index (χ2n) is 31.7. The van der Waals surface area contributed by atoms with E-state index in [-0.39, 0.29) is 145 Å². The summed E-state index contributed by atoms with van der Waals surface area (Å²) >= 11 is 0. The first-order valence-electron chi connectivity index (χ1n) is 30.0. The van der Waals surface area contributed by atoms with Crippen molar-refractivity contribution >= 4 is 24.9 Å². The molecule has 456 valence electrons. The first-order valence-corrected chi connectivity index (χ1v) is 30.0. The molecular weight excluding hydrogens is 1110 g/mol. The van der Waals surface area contributed by atoms with Crippen molar-refractivity contribution in [1.82, 2.24) is 0 Å². The van der Waals surface area contributed by atoms with E-state index < -0.39 is 0 Å². The third kappa shape index (κ3) is 20.6. The van der Waals surface area contributed by atoms with E-state index in [0.29, 0.717) is 22.3 Å². The molecule has 4 aromatic rings. The van der Waals surface area contributed by atoms with E-state index in [1.807, 2.05) is 24.3 Å². The van der Waals surface area contributed by atoms with Crippen LogP contribution in [-0.4, -0.2) is 49.0 Å². The monoisotopic (exact) mass is 1220 g/mol. The third-order valence-electron chi connectivity index (χ3n) is 16.2. The van der Waals surface area contributed by atoms with Crippen molar-refractivity contribution in [2.45, 2.75) is 285 Å². The Bertz CT molecular complexity index is 2540. The molecule has 4 aromatic carbocycles. The number of aliphatic imine (C=N–C) groups is 4. The number of benzene rings is 4. The summed E-state index contributed by atoms with van der Waals surface area (Å²) in [5.41, 5.74) is 9.24. The molecule has 2 saturated carbocycles. The summed E-state index contributed by atoms with van der Waals surface area (Å²) < 4.78 is 0. The van der Waals surface area contributed by atoms with E-state index in [1.54, 1.807) is 24.9 Å². The van der Waals surface area contributed by atoms with Gasteiger partial charge in [-0.3, -0.25) is 20.0 Å². The van der Waals surface area contributed by atoms with Crippen LogP contribution < -0.4 is 20.4 Å². The van der Waals surface area contributed by atoms with Gasteiger partial charge in [-0.2, -0.15) is 0 Å². The summed E-state index contributed by atoms with van der Waals surface area (Å²) in [7, 11) is 0. The van der Waals surface area contributed by atoms with Gasteiger partial charge in [-0.05, 0) is 136 Å². The Kier molecular flexibility index (Phi) is 27.3. The standard InChI is InChI=1S/2C36H54N2O2.2O.2Ti/c2*1-33(2,3)25-17-23(31(39)27(19-25)35(7,8)9)21-37-29-15-13-14-16-30(29)38-22-24-18-26(34(4,5)6)20-28(32(24)40)36(10,11)12;;;;/h2*17-22,29-30,39-40H,13-16H2,1-12H3;;;;/q;;2*-2;2*+4/p-4/t2*29-,30-;;;;/m00..../s1. The van der Waals surface area contributed by atoms with E-state index in [2.05, 4.69) is 190 Å². The zero-order valence-electron chi connectivity index (χ0n) is 56.1. The molecule has 2 fully saturated rings. The fourth-order valence-electron chi connectivity index (χ4n) is 10.5. The van der Waals surface area contributed by atoms with Gasteiger partial charge in [-0.1, -0.05) is 263 Å². The maximum Gasteiger partial charge on any atom is 4.00 e. The van der Waals surface area contributed by atoms with Gasteiger partial charge < -0.3 is 31.4 Å². The van der Waals surface area contributed by atoms with Gasteiger partial charge in [-0.15, -0.1) is 0 Å². The molecule has 0 bridgehead atoms. The molecule has 0 unspecified atom stereocenters. The van der Waals surface area contributed by atoms with Crippen LogP contribution in [-0.2, 0) is 97.7 Å². The van der Waals surface area contributed by atoms with Crippen LogP contribution in [0.25, 0.3) is 0 Å². The van der Waals surface area contributed by atoms with E-state index in [9.17, 15) is 20.4 Å². The van der Waals surface area contributed by atoms with Crippen LogP contribution in [0.1, 0.15) is 284 Å². The quantitative estimate of drug-likeness (QED) is 0.125. The fourth-order valence-corrected chi connectivity index (χ4v) is 10.5. The number of hydrogen-bond acceptors (Lipinski definition) is 8. The van der Waals surface area contributed by atoms with Gasteiger partial charge in [0.2, 0.25) is 0 Å². The van der Waals surface area contributed by atoms with Crippen molar-refractivity contribution in [2.75, 3.05) is 0 Å². The van der Waals surface area contributed by atoms with Crippen LogP contribution >= 0.6 is 0 Å². The van der Waals surface area contributed by atoms with Crippen molar-refractivity contribution in [3.05, 3.63) is 115 Å². The Labute approximate surface area is 539 Å². The molecule has 4 atom stereocenters. The predicted octanol–water partition coefficient (Wildman–Crippen LogP) is 15.5. The van der Waals surface area contributed by atoms with Crippen molar-refractivity contribution in [3.8, 4) is 23.0 Å². The SMILES string of the molecule is CC(C)(C)c1cc(C=N[C@H]2CCCC[C@@H]2N=Cc2cc(C(C)(C)C)cc(C(C)(C)C)c2[O-])c([O-])c(C(C)(C)C)c1.CC(C)(C)c1cc(C=N[C@H]2CCCC[C@@H]2N=Cc2cc(C(C)(C)C)cc(C(C)(C)C)c2[O-])c([O-])c(C(C)(C)C)c1.[O-2].[O-2].[Ti+4].[Ti+4]. The minimum atomic E-state index is -0.248.